The number of unbranched alkanes of at least 4 members (excludes halogenated alkanes) is 2. The van der Waals surface area contributed by atoms with Crippen molar-refractivity contribution in [3.8, 4) is 0 Å². The average molecular weight is 292 g/mol. The molecule has 2 unspecified atom stereocenters. The highest BCUT2D eigenvalue weighted by Gasteiger charge is 2.21. The predicted molar refractivity (Wildman–Crippen MR) is 80.2 cm³/mol. The Hall–Kier alpha value is -0.360. The Labute approximate surface area is 117 Å². The molecule has 0 radical (unpaired) electrons. The van der Waals surface area contributed by atoms with Crippen LogP contribution in [0.3, 0.4) is 0 Å². The Balaban J connectivity index is 4.18. The van der Waals surface area contributed by atoms with Crippen LogP contribution < -0.4 is 11.5 Å². The van der Waals surface area contributed by atoms with Crippen molar-refractivity contribution in [2.75, 3.05) is 0 Å². The first kappa shape index (κ1) is 17.6. The Bertz CT molecular complexity index is 236. The van der Waals surface area contributed by atoms with E-state index in [4.69, 9.17) is 11.5 Å². The van der Waals surface area contributed by atoms with Gasteiger partial charge in [0.1, 0.15) is 0 Å². The van der Waals surface area contributed by atoms with E-state index in [1.807, 2.05) is 0 Å². The van der Waals surface area contributed by atoms with E-state index in [0.717, 1.165) is 38.5 Å². The quantitative estimate of drug-likeness (QED) is 0.573. The molecule has 0 spiro atoms. The van der Waals surface area contributed by atoms with E-state index in [9.17, 15) is 9.59 Å². The van der Waals surface area contributed by atoms with Crippen molar-refractivity contribution in [1.82, 2.24) is 0 Å². The zero-order valence-corrected chi connectivity index (χ0v) is 12.8. The van der Waals surface area contributed by atoms with Gasteiger partial charge in [0, 0.05) is 0 Å². The van der Waals surface area contributed by atoms with Crippen molar-refractivity contribution >= 4 is 33.4 Å². The van der Waals surface area contributed by atoms with E-state index < -0.39 is 0 Å². The molecule has 0 aromatic rings. The highest BCUT2D eigenvalue weighted by molar-refractivity contribution is 8.77. The molecular formula is C12H24N2O2S2. The van der Waals surface area contributed by atoms with Gasteiger partial charge in [-0.3, -0.25) is 9.59 Å². The molecule has 2 atom stereocenters. The molecule has 4 N–H and O–H groups in total. The molecule has 0 aromatic heterocycles. The third kappa shape index (κ3) is 7.87. The number of amides is 2. The van der Waals surface area contributed by atoms with Gasteiger partial charge in [-0.05, 0) is 12.8 Å². The second-order valence-corrected chi connectivity index (χ2v) is 6.94. The van der Waals surface area contributed by atoms with Gasteiger partial charge in [0.25, 0.3) is 0 Å². The average Bonchev–Trinajstić information content (AvgIpc) is 2.31. The number of nitrogens with two attached hydrogens (primary N) is 2. The molecule has 106 valence electrons. The molecule has 0 saturated heterocycles. The van der Waals surface area contributed by atoms with Crippen LogP contribution in [0.4, 0.5) is 0 Å². The minimum Gasteiger partial charge on any atom is -0.369 e. The summed E-state index contributed by atoms with van der Waals surface area (Å²) in [6, 6.07) is 0. The van der Waals surface area contributed by atoms with Gasteiger partial charge in [0.05, 0.1) is 10.5 Å². The molecule has 4 nitrogen and oxygen atoms in total. The van der Waals surface area contributed by atoms with E-state index >= 15 is 0 Å². The minimum atomic E-state index is -0.306. The van der Waals surface area contributed by atoms with Gasteiger partial charge in [-0.2, -0.15) is 0 Å². The smallest absolute Gasteiger partial charge is 0.231 e. The van der Waals surface area contributed by atoms with Crippen molar-refractivity contribution in [3.05, 3.63) is 0 Å². The topological polar surface area (TPSA) is 86.2 Å². The van der Waals surface area contributed by atoms with Crippen LogP contribution in [0.2, 0.25) is 0 Å². The summed E-state index contributed by atoms with van der Waals surface area (Å²) in [6.07, 6.45) is 5.54. The number of hydrogen-bond donors (Lipinski definition) is 2. The fourth-order valence-corrected chi connectivity index (χ4v) is 4.32. The molecular weight excluding hydrogens is 268 g/mol. The van der Waals surface area contributed by atoms with Crippen molar-refractivity contribution < 1.29 is 9.59 Å². The Morgan fingerprint density at radius 1 is 0.889 bits per heavy atom. The second kappa shape index (κ2) is 10.6. The molecule has 0 aromatic carbocycles. The lowest BCUT2D eigenvalue weighted by atomic mass is 10.2. The summed E-state index contributed by atoms with van der Waals surface area (Å²) in [5.74, 6) is -0.612. The Morgan fingerprint density at radius 3 is 1.44 bits per heavy atom. The maximum absolute atomic E-state index is 11.3. The van der Waals surface area contributed by atoms with Gasteiger partial charge >= 0.3 is 0 Å². The van der Waals surface area contributed by atoms with Gasteiger partial charge in [-0.1, -0.05) is 61.1 Å². The van der Waals surface area contributed by atoms with Gasteiger partial charge in [-0.15, -0.1) is 0 Å². The summed E-state index contributed by atoms with van der Waals surface area (Å²) in [5, 5.41) is -0.447. The number of rotatable bonds is 11. The van der Waals surface area contributed by atoms with E-state index in [1.165, 1.54) is 21.6 Å². The van der Waals surface area contributed by atoms with E-state index in [1.54, 1.807) is 0 Å². The van der Waals surface area contributed by atoms with E-state index in [0.29, 0.717) is 0 Å². The summed E-state index contributed by atoms with van der Waals surface area (Å²) in [6.45, 7) is 4.15. The maximum Gasteiger partial charge on any atom is 0.231 e. The molecule has 6 heteroatoms. The van der Waals surface area contributed by atoms with Gasteiger partial charge in [-0.25, -0.2) is 0 Å². The SMILES string of the molecule is CCCCC(SSC(CCCC)C(N)=O)C(N)=O. The monoisotopic (exact) mass is 292 g/mol. The molecule has 18 heavy (non-hydrogen) atoms. The molecule has 0 saturated carbocycles. The number of carbonyl (C=O) groups is 2. The van der Waals surface area contributed by atoms with Gasteiger partial charge in [0.15, 0.2) is 0 Å². The fraction of sp³-hybridized carbons (Fsp3) is 0.833. The largest absolute Gasteiger partial charge is 0.369 e. The highest BCUT2D eigenvalue weighted by atomic mass is 33.1. The van der Waals surface area contributed by atoms with Crippen LogP contribution in [0.5, 0.6) is 0 Å². The molecule has 0 bridgehead atoms. The van der Waals surface area contributed by atoms with Gasteiger partial charge in [0.2, 0.25) is 11.8 Å². The molecule has 0 fully saturated rings. The van der Waals surface area contributed by atoms with Crippen molar-refractivity contribution in [3.63, 3.8) is 0 Å². The number of carbonyl (C=O) groups excluding carboxylic acids is 2. The molecule has 0 aliphatic heterocycles. The van der Waals surface area contributed by atoms with Crippen LogP contribution in [0.25, 0.3) is 0 Å². The highest BCUT2D eigenvalue weighted by Crippen LogP contribution is 2.35. The second-order valence-electron chi connectivity index (χ2n) is 4.26. The third-order valence-corrected chi connectivity index (χ3v) is 5.80. The van der Waals surface area contributed by atoms with Gasteiger partial charge < -0.3 is 11.5 Å². The lowest BCUT2D eigenvalue weighted by molar-refractivity contribution is -0.118. The minimum absolute atomic E-state index is 0.224. The van der Waals surface area contributed by atoms with Crippen LogP contribution in [-0.2, 0) is 9.59 Å². The molecule has 0 rings (SSSR count). The first-order chi connectivity index (χ1) is 8.52. The van der Waals surface area contributed by atoms with E-state index in [2.05, 4.69) is 13.8 Å². The number of primary amides is 2. The molecule has 0 heterocycles. The van der Waals surface area contributed by atoms with Crippen LogP contribution in [0.15, 0.2) is 0 Å². The van der Waals surface area contributed by atoms with Crippen LogP contribution >= 0.6 is 21.6 Å². The molecule has 2 amide bonds. The third-order valence-electron chi connectivity index (χ3n) is 2.56. The Kier molecular flexibility index (Phi) is 10.3. The summed E-state index contributed by atoms with van der Waals surface area (Å²) in [4.78, 5) is 22.5. The predicted octanol–water partition coefficient (Wildman–Crippen LogP) is 2.46. The first-order valence-electron chi connectivity index (χ1n) is 6.43. The summed E-state index contributed by atoms with van der Waals surface area (Å²) in [7, 11) is 2.80. The summed E-state index contributed by atoms with van der Waals surface area (Å²) >= 11 is 0. The van der Waals surface area contributed by atoms with Crippen molar-refractivity contribution in [2.24, 2.45) is 11.5 Å². The summed E-state index contributed by atoms with van der Waals surface area (Å²) < 4.78 is 0. The van der Waals surface area contributed by atoms with Crippen molar-refractivity contribution in [2.45, 2.75) is 62.9 Å². The van der Waals surface area contributed by atoms with E-state index in [-0.39, 0.29) is 22.3 Å². The zero-order chi connectivity index (χ0) is 14.0. The van der Waals surface area contributed by atoms with Crippen molar-refractivity contribution in [1.29, 1.82) is 0 Å². The maximum atomic E-state index is 11.3. The fourth-order valence-electron chi connectivity index (χ4n) is 1.39. The van der Waals surface area contributed by atoms with Crippen LogP contribution in [0.1, 0.15) is 52.4 Å². The summed E-state index contributed by atoms with van der Waals surface area (Å²) in [5.41, 5.74) is 10.7. The number of hydrogen-bond acceptors (Lipinski definition) is 4. The van der Waals surface area contributed by atoms with Crippen LogP contribution in [-0.4, -0.2) is 22.3 Å². The first-order valence-corrected chi connectivity index (χ1v) is 8.71. The zero-order valence-electron chi connectivity index (χ0n) is 11.2. The van der Waals surface area contributed by atoms with Crippen LogP contribution in [0, 0.1) is 0 Å². The lowest BCUT2D eigenvalue weighted by Gasteiger charge is -2.16. The molecule has 0 aliphatic rings. The lowest BCUT2D eigenvalue weighted by Crippen LogP contribution is -2.28. The molecule has 0 aliphatic carbocycles. The Morgan fingerprint density at radius 2 is 1.22 bits per heavy atom. The standard InChI is InChI=1S/C12H24N2O2S2/c1-3-5-7-9(11(13)15)17-18-10(12(14)16)8-6-4-2/h9-10H,3-8H2,1-2H3,(H2,13,15)(H2,14,16). The normalized spacial score (nSPS) is 14.1.